The summed E-state index contributed by atoms with van der Waals surface area (Å²) >= 11 is 0. The van der Waals surface area contributed by atoms with Gasteiger partial charge in [-0.25, -0.2) is 0 Å². The van der Waals surface area contributed by atoms with Crippen molar-refractivity contribution in [2.75, 3.05) is 19.3 Å². The van der Waals surface area contributed by atoms with E-state index >= 15 is 0 Å². The molecule has 0 aromatic rings. The highest BCUT2D eigenvalue weighted by Gasteiger charge is 2.31. The standard InChI is InChI=1S/C8H22N2O2Si/c1-4-11-13(3,7-10)12-8(2)5-6-9/h8H,4-7,9-10H2,1-3H3. The second kappa shape index (κ2) is 6.50. The fourth-order valence-corrected chi connectivity index (χ4v) is 3.03. The topological polar surface area (TPSA) is 70.5 Å². The van der Waals surface area contributed by atoms with E-state index in [0.29, 0.717) is 19.3 Å². The van der Waals surface area contributed by atoms with Gasteiger partial charge >= 0.3 is 8.56 Å². The van der Waals surface area contributed by atoms with Crippen LogP contribution >= 0.6 is 0 Å². The zero-order valence-corrected chi connectivity index (χ0v) is 9.88. The first-order valence-electron chi connectivity index (χ1n) is 4.80. The minimum Gasteiger partial charge on any atom is -0.394 e. The normalized spacial score (nSPS) is 18.2. The Morgan fingerprint density at radius 1 is 1.38 bits per heavy atom. The van der Waals surface area contributed by atoms with Crippen molar-refractivity contribution in [1.82, 2.24) is 0 Å². The highest BCUT2D eigenvalue weighted by molar-refractivity contribution is 6.66. The third-order valence-electron chi connectivity index (χ3n) is 1.84. The van der Waals surface area contributed by atoms with Gasteiger partial charge in [-0.2, -0.15) is 0 Å². The molecule has 0 saturated carbocycles. The summed E-state index contributed by atoms with van der Waals surface area (Å²) < 4.78 is 11.3. The van der Waals surface area contributed by atoms with E-state index in [2.05, 4.69) is 0 Å². The lowest BCUT2D eigenvalue weighted by Crippen LogP contribution is -2.49. The molecule has 0 aliphatic rings. The van der Waals surface area contributed by atoms with E-state index in [1.807, 2.05) is 20.4 Å². The Hall–Kier alpha value is 0.0569. The Morgan fingerprint density at radius 3 is 2.38 bits per heavy atom. The fraction of sp³-hybridized carbons (Fsp3) is 1.00. The third-order valence-corrected chi connectivity index (χ3v) is 4.39. The summed E-state index contributed by atoms with van der Waals surface area (Å²) in [5, 5.41) is 0. The quantitative estimate of drug-likeness (QED) is 0.590. The molecule has 0 amide bonds. The van der Waals surface area contributed by atoms with Crippen molar-refractivity contribution in [2.24, 2.45) is 11.5 Å². The predicted octanol–water partition coefficient (Wildman–Crippen LogP) is 0.347. The van der Waals surface area contributed by atoms with Gasteiger partial charge in [0, 0.05) is 18.9 Å². The molecule has 0 saturated heterocycles. The first-order valence-corrected chi connectivity index (χ1v) is 7.32. The third kappa shape index (κ3) is 5.38. The summed E-state index contributed by atoms with van der Waals surface area (Å²) in [6.07, 6.45) is 1.50. The predicted molar refractivity (Wildman–Crippen MR) is 56.5 cm³/mol. The van der Waals surface area contributed by atoms with E-state index in [1.54, 1.807) is 0 Å². The average Bonchev–Trinajstić information content (AvgIpc) is 2.05. The van der Waals surface area contributed by atoms with Crippen LogP contribution in [0.15, 0.2) is 0 Å². The molecule has 5 heteroatoms. The van der Waals surface area contributed by atoms with E-state index in [4.69, 9.17) is 20.3 Å². The number of nitrogens with two attached hydrogens (primary N) is 2. The van der Waals surface area contributed by atoms with Crippen molar-refractivity contribution >= 4 is 8.56 Å². The van der Waals surface area contributed by atoms with Crippen molar-refractivity contribution in [3.63, 3.8) is 0 Å². The largest absolute Gasteiger partial charge is 0.394 e. The van der Waals surface area contributed by atoms with Crippen molar-refractivity contribution < 1.29 is 8.85 Å². The van der Waals surface area contributed by atoms with Gasteiger partial charge in [-0.05, 0) is 33.4 Å². The molecule has 0 heterocycles. The first kappa shape index (κ1) is 13.1. The van der Waals surface area contributed by atoms with Crippen LogP contribution in [0.4, 0.5) is 0 Å². The molecule has 4 nitrogen and oxygen atoms in total. The molecule has 0 radical (unpaired) electrons. The monoisotopic (exact) mass is 206 g/mol. The summed E-state index contributed by atoms with van der Waals surface area (Å²) in [6, 6.07) is 0. The van der Waals surface area contributed by atoms with Gasteiger partial charge < -0.3 is 20.3 Å². The zero-order chi connectivity index (χ0) is 10.3. The van der Waals surface area contributed by atoms with Gasteiger partial charge in [0.05, 0.1) is 0 Å². The van der Waals surface area contributed by atoms with E-state index in [0.717, 1.165) is 6.42 Å². The van der Waals surface area contributed by atoms with E-state index < -0.39 is 8.56 Å². The Balaban J connectivity index is 3.93. The molecule has 80 valence electrons. The number of hydrogen-bond acceptors (Lipinski definition) is 4. The molecule has 0 aliphatic heterocycles. The summed E-state index contributed by atoms with van der Waals surface area (Å²) in [7, 11) is -2.10. The molecule has 2 unspecified atom stereocenters. The average molecular weight is 206 g/mol. The molecular formula is C8H22N2O2Si. The summed E-state index contributed by atoms with van der Waals surface area (Å²) in [5.74, 6) is 0. The Labute approximate surface area is 81.8 Å². The Kier molecular flexibility index (Phi) is 6.53. The van der Waals surface area contributed by atoms with Crippen molar-refractivity contribution in [1.29, 1.82) is 0 Å². The highest BCUT2D eigenvalue weighted by Crippen LogP contribution is 2.10. The Morgan fingerprint density at radius 2 is 2.00 bits per heavy atom. The summed E-state index contributed by atoms with van der Waals surface area (Å²) in [5.41, 5.74) is 11.0. The van der Waals surface area contributed by atoms with Gasteiger partial charge in [0.2, 0.25) is 0 Å². The second-order valence-electron chi connectivity index (χ2n) is 3.28. The van der Waals surface area contributed by atoms with E-state index in [1.165, 1.54) is 0 Å². The minimum absolute atomic E-state index is 0.150. The lowest BCUT2D eigenvalue weighted by atomic mass is 10.3. The molecule has 0 rings (SSSR count). The highest BCUT2D eigenvalue weighted by atomic mass is 28.4. The Bertz CT molecular complexity index is 137. The summed E-state index contributed by atoms with van der Waals surface area (Å²) in [4.78, 5) is 0. The summed E-state index contributed by atoms with van der Waals surface area (Å²) in [6.45, 7) is 7.26. The molecule has 0 aromatic carbocycles. The molecule has 0 fully saturated rings. The minimum atomic E-state index is -2.10. The van der Waals surface area contributed by atoms with Gasteiger partial charge in [0.15, 0.2) is 0 Å². The van der Waals surface area contributed by atoms with Crippen molar-refractivity contribution in [3.8, 4) is 0 Å². The maximum atomic E-state index is 5.78. The molecule has 0 bridgehead atoms. The van der Waals surface area contributed by atoms with Crippen LogP contribution in [0.3, 0.4) is 0 Å². The molecule has 13 heavy (non-hydrogen) atoms. The lowest BCUT2D eigenvalue weighted by Gasteiger charge is -2.28. The molecule has 0 spiro atoms. The first-order chi connectivity index (χ1) is 6.08. The van der Waals surface area contributed by atoms with Crippen molar-refractivity contribution in [2.45, 2.75) is 32.9 Å². The number of rotatable bonds is 7. The fourth-order valence-electron chi connectivity index (χ4n) is 1.17. The van der Waals surface area contributed by atoms with Crippen LogP contribution in [-0.4, -0.2) is 34.0 Å². The van der Waals surface area contributed by atoms with Gasteiger partial charge in [0.1, 0.15) is 0 Å². The molecular weight excluding hydrogens is 184 g/mol. The molecule has 4 N–H and O–H groups in total. The van der Waals surface area contributed by atoms with Gasteiger partial charge in [-0.15, -0.1) is 0 Å². The van der Waals surface area contributed by atoms with Gasteiger partial charge in [-0.1, -0.05) is 0 Å². The second-order valence-corrected chi connectivity index (χ2v) is 6.48. The maximum absolute atomic E-state index is 5.78. The van der Waals surface area contributed by atoms with Crippen molar-refractivity contribution in [3.05, 3.63) is 0 Å². The molecule has 0 aromatic heterocycles. The SMILES string of the molecule is CCO[Si](C)(CN)OC(C)CCN. The zero-order valence-electron chi connectivity index (χ0n) is 8.88. The molecule has 2 atom stereocenters. The van der Waals surface area contributed by atoms with Gasteiger partial charge in [0.25, 0.3) is 0 Å². The smallest absolute Gasteiger partial charge is 0.349 e. The van der Waals surface area contributed by atoms with Crippen LogP contribution < -0.4 is 11.5 Å². The van der Waals surface area contributed by atoms with Crippen LogP contribution in [0.2, 0.25) is 6.55 Å². The van der Waals surface area contributed by atoms with Crippen LogP contribution in [0.5, 0.6) is 0 Å². The van der Waals surface area contributed by atoms with Crippen LogP contribution in [0.1, 0.15) is 20.3 Å². The van der Waals surface area contributed by atoms with Crippen LogP contribution in [-0.2, 0) is 8.85 Å². The van der Waals surface area contributed by atoms with Crippen LogP contribution in [0, 0.1) is 0 Å². The maximum Gasteiger partial charge on any atom is 0.349 e. The number of hydrogen-bond donors (Lipinski definition) is 2. The van der Waals surface area contributed by atoms with Gasteiger partial charge in [-0.3, -0.25) is 0 Å². The van der Waals surface area contributed by atoms with E-state index in [9.17, 15) is 0 Å². The lowest BCUT2D eigenvalue weighted by molar-refractivity contribution is 0.127. The molecule has 0 aliphatic carbocycles. The van der Waals surface area contributed by atoms with Crippen LogP contribution in [0.25, 0.3) is 0 Å². The van der Waals surface area contributed by atoms with E-state index in [-0.39, 0.29) is 6.10 Å².